The molecule has 27 heavy (non-hydrogen) atoms. The Morgan fingerprint density at radius 3 is 2.33 bits per heavy atom. The summed E-state index contributed by atoms with van der Waals surface area (Å²) in [4.78, 5) is 2.28. The van der Waals surface area contributed by atoms with Crippen molar-refractivity contribution >= 4 is 17.0 Å². The molecule has 0 bridgehead atoms. The Morgan fingerprint density at radius 2 is 1.52 bits per heavy atom. The fourth-order valence-electron chi connectivity index (χ4n) is 3.30. The Bertz CT molecular complexity index is 1030. The Labute approximate surface area is 160 Å². The van der Waals surface area contributed by atoms with Gasteiger partial charge in [-0.15, -0.1) is 0 Å². The molecule has 0 fully saturated rings. The van der Waals surface area contributed by atoms with Crippen LogP contribution in [-0.4, -0.2) is 18.5 Å². The first kappa shape index (κ1) is 17.3. The minimum absolute atomic E-state index is 0.869. The molecule has 134 valence electrons. The zero-order valence-corrected chi connectivity index (χ0v) is 15.5. The molecule has 0 saturated heterocycles. The van der Waals surface area contributed by atoms with Crippen LogP contribution >= 0.6 is 0 Å². The molecule has 0 aliphatic heterocycles. The van der Waals surface area contributed by atoms with E-state index in [9.17, 15) is 0 Å². The van der Waals surface area contributed by atoms with Crippen molar-refractivity contribution in [3.05, 3.63) is 102 Å². The van der Waals surface area contributed by atoms with Crippen LogP contribution in [0, 0.1) is 0 Å². The minimum Gasteiger partial charge on any atom is -0.464 e. The maximum Gasteiger partial charge on any atom is 0.134 e. The molecule has 0 spiro atoms. The second-order valence-electron chi connectivity index (χ2n) is 6.84. The summed E-state index contributed by atoms with van der Waals surface area (Å²) in [5.41, 5.74) is 5.90. The van der Waals surface area contributed by atoms with Gasteiger partial charge < -0.3 is 4.42 Å². The van der Waals surface area contributed by atoms with E-state index in [4.69, 9.17) is 4.42 Å². The van der Waals surface area contributed by atoms with E-state index >= 15 is 0 Å². The molecular formula is C25H23NO. The van der Waals surface area contributed by atoms with Crippen molar-refractivity contribution in [1.82, 2.24) is 4.90 Å². The molecule has 2 nitrogen and oxygen atoms in total. The topological polar surface area (TPSA) is 16.4 Å². The fraction of sp³-hybridized carbons (Fsp3) is 0.120. The third-order valence-electron chi connectivity index (χ3n) is 4.75. The van der Waals surface area contributed by atoms with Gasteiger partial charge in [0.2, 0.25) is 0 Å². The summed E-state index contributed by atoms with van der Waals surface area (Å²) >= 11 is 0. The summed E-state index contributed by atoms with van der Waals surface area (Å²) in [5.74, 6) is 0. The van der Waals surface area contributed by atoms with Crippen molar-refractivity contribution in [1.29, 1.82) is 0 Å². The van der Waals surface area contributed by atoms with Crippen molar-refractivity contribution in [3.8, 4) is 11.1 Å². The summed E-state index contributed by atoms with van der Waals surface area (Å²) in [7, 11) is 2.13. The minimum atomic E-state index is 0.869. The molecule has 4 aromatic rings. The lowest BCUT2D eigenvalue weighted by atomic mass is 10.0. The van der Waals surface area contributed by atoms with Gasteiger partial charge in [0.15, 0.2) is 0 Å². The lowest BCUT2D eigenvalue weighted by Crippen LogP contribution is -2.17. The molecular weight excluding hydrogens is 330 g/mol. The Hall–Kier alpha value is -3.10. The third-order valence-corrected chi connectivity index (χ3v) is 4.75. The summed E-state index contributed by atoms with van der Waals surface area (Å²) in [6.45, 7) is 1.76. The molecule has 0 amide bonds. The second-order valence-corrected chi connectivity index (χ2v) is 6.84. The number of nitrogens with zero attached hydrogens (tertiary/aromatic N) is 1. The van der Waals surface area contributed by atoms with Crippen LogP contribution < -0.4 is 0 Å². The normalized spacial score (nSPS) is 11.6. The molecule has 0 unspecified atom stereocenters. The highest BCUT2D eigenvalue weighted by Gasteiger charge is 2.06. The van der Waals surface area contributed by atoms with Gasteiger partial charge in [-0.3, -0.25) is 4.90 Å². The maximum atomic E-state index is 5.63. The zero-order chi connectivity index (χ0) is 18.5. The van der Waals surface area contributed by atoms with Gasteiger partial charge in [-0.25, -0.2) is 0 Å². The lowest BCUT2D eigenvalue weighted by molar-refractivity contribution is 0.363. The molecule has 4 rings (SSSR count). The summed E-state index contributed by atoms with van der Waals surface area (Å²) < 4.78 is 5.63. The number of benzene rings is 3. The Morgan fingerprint density at radius 1 is 0.815 bits per heavy atom. The fourth-order valence-corrected chi connectivity index (χ4v) is 3.30. The van der Waals surface area contributed by atoms with Crippen LogP contribution in [0.2, 0.25) is 0 Å². The van der Waals surface area contributed by atoms with Gasteiger partial charge in [0.05, 0.1) is 6.26 Å². The smallest absolute Gasteiger partial charge is 0.134 e. The SMILES string of the molecule is CN(CC=Cc1ccc(-c2ccccc2)cc1)Cc1coc2ccccc12. The molecule has 0 saturated carbocycles. The summed E-state index contributed by atoms with van der Waals surface area (Å²) in [6, 6.07) is 27.3. The van der Waals surface area contributed by atoms with Crippen LogP contribution in [0.1, 0.15) is 11.1 Å². The molecule has 1 aromatic heterocycles. The van der Waals surface area contributed by atoms with Crippen molar-refractivity contribution in [2.75, 3.05) is 13.6 Å². The predicted octanol–water partition coefficient (Wildman–Crippen LogP) is 6.25. The van der Waals surface area contributed by atoms with E-state index in [1.807, 2.05) is 24.5 Å². The van der Waals surface area contributed by atoms with Gasteiger partial charge in [-0.05, 0) is 29.8 Å². The van der Waals surface area contributed by atoms with Gasteiger partial charge in [-0.1, -0.05) is 84.9 Å². The van der Waals surface area contributed by atoms with E-state index < -0.39 is 0 Å². The van der Waals surface area contributed by atoms with E-state index in [0.29, 0.717) is 0 Å². The summed E-state index contributed by atoms with van der Waals surface area (Å²) in [6.07, 6.45) is 6.26. The van der Waals surface area contributed by atoms with E-state index in [2.05, 4.69) is 84.8 Å². The van der Waals surface area contributed by atoms with Crippen LogP contribution in [0.3, 0.4) is 0 Å². The number of hydrogen-bond acceptors (Lipinski definition) is 2. The molecule has 0 atom stereocenters. The zero-order valence-electron chi connectivity index (χ0n) is 15.5. The van der Waals surface area contributed by atoms with Crippen LogP contribution in [0.5, 0.6) is 0 Å². The van der Waals surface area contributed by atoms with Crippen molar-refractivity contribution in [2.24, 2.45) is 0 Å². The molecule has 0 N–H and O–H groups in total. The Kier molecular flexibility index (Phi) is 5.17. The average molecular weight is 353 g/mol. The monoisotopic (exact) mass is 353 g/mol. The highest BCUT2D eigenvalue weighted by Crippen LogP contribution is 2.22. The molecule has 0 aliphatic rings. The second kappa shape index (κ2) is 8.07. The number of fused-ring (bicyclic) bond motifs is 1. The standard InChI is InChI=1S/C25H23NO/c1-26(18-23-19-27-25-12-6-5-11-24(23)25)17-7-8-20-13-15-22(16-14-20)21-9-3-2-4-10-21/h2-16,19H,17-18H2,1H3. The number of para-hydroxylation sites is 1. The quantitative estimate of drug-likeness (QED) is 0.408. The van der Waals surface area contributed by atoms with E-state index in [-0.39, 0.29) is 0 Å². The van der Waals surface area contributed by atoms with Gasteiger partial charge in [-0.2, -0.15) is 0 Å². The molecule has 2 heteroatoms. The Balaban J connectivity index is 1.36. The molecule has 1 heterocycles. The van der Waals surface area contributed by atoms with E-state index in [1.54, 1.807) is 0 Å². The summed E-state index contributed by atoms with van der Waals surface area (Å²) in [5, 5.41) is 1.20. The average Bonchev–Trinajstić information content (AvgIpc) is 3.12. The van der Waals surface area contributed by atoms with Crippen molar-refractivity contribution < 1.29 is 4.42 Å². The number of hydrogen-bond donors (Lipinski definition) is 0. The van der Waals surface area contributed by atoms with Crippen LogP contribution in [0.4, 0.5) is 0 Å². The highest BCUT2D eigenvalue weighted by molar-refractivity contribution is 5.80. The van der Waals surface area contributed by atoms with Gasteiger partial charge in [0.25, 0.3) is 0 Å². The van der Waals surface area contributed by atoms with Crippen molar-refractivity contribution in [3.63, 3.8) is 0 Å². The van der Waals surface area contributed by atoms with E-state index in [1.165, 1.54) is 27.6 Å². The highest BCUT2D eigenvalue weighted by atomic mass is 16.3. The largest absolute Gasteiger partial charge is 0.464 e. The first-order valence-corrected chi connectivity index (χ1v) is 9.25. The molecule has 0 aliphatic carbocycles. The molecule has 3 aromatic carbocycles. The number of rotatable bonds is 6. The van der Waals surface area contributed by atoms with Crippen LogP contribution in [0.15, 0.2) is 95.6 Å². The van der Waals surface area contributed by atoms with Gasteiger partial charge in [0, 0.05) is 24.0 Å². The van der Waals surface area contributed by atoms with Gasteiger partial charge in [0.1, 0.15) is 5.58 Å². The number of likely N-dealkylation sites (N-methyl/N-ethyl adjacent to an activating group) is 1. The first-order valence-electron chi connectivity index (χ1n) is 9.25. The number of furan rings is 1. The first-order chi connectivity index (χ1) is 13.3. The van der Waals surface area contributed by atoms with E-state index in [0.717, 1.165) is 18.7 Å². The van der Waals surface area contributed by atoms with Gasteiger partial charge >= 0.3 is 0 Å². The van der Waals surface area contributed by atoms with Crippen LogP contribution in [0.25, 0.3) is 28.2 Å². The lowest BCUT2D eigenvalue weighted by Gasteiger charge is -2.13. The van der Waals surface area contributed by atoms with Crippen LogP contribution in [-0.2, 0) is 6.54 Å². The predicted molar refractivity (Wildman–Crippen MR) is 113 cm³/mol. The maximum absolute atomic E-state index is 5.63. The molecule has 0 radical (unpaired) electrons. The van der Waals surface area contributed by atoms with Crippen molar-refractivity contribution in [2.45, 2.75) is 6.54 Å². The third kappa shape index (κ3) is 4.18.